The van der Waals surface area contributed by atoms with Crippen LogP contribution in [0.3, 0.4) is 0 Å². The van der Waals surface area contributed by atoms with E-state index >= 15 is 0 Å². The number of rotatable bonds is 10. The second-order valence-electron chi connectivity index (χ2n) is 5.98. The minimum atomic E-state index is -0.0732. The Morgan fingerprint density at radius 1 is 1.08 bits per heavy atom. The zero-order chi connectivity index (χ0) is 18.2. The number of H-pyrrole nitrogens is 1. The standard InChI is InChI=1S/C19H29N3O3/c1-5-22(6-2)9-7-8-20-13-15-10-14-11-17(24-3)18(25-4)12-16(14)21-19(15)23/h10-12,20H,5-9,13H2,1-4H3,(H,21,23). The molecule has 0 atom stereocenters. The molecule has 0 fully saturated rings. The number of nitrogens with one attached hydrogen (secondary N) is 2. The Kier molecular flexibility index (Phi) is 7.28. The molecule has 2 aromatic rings. The molecule has 0 bridgehead atoms. The van der Waals surface area contributed by atoms with Gasteiger partial charge in [0.2, 0.25) is 0 Å². The number of aromatic nitrogens is 1. The van der Waals surface area contributed by atoms with E-state index in [1.54, 1.807) is 20.3 Å². The minimum absolute atomic E-state index is 0.0732. The molecule has 0 unspecified atom stereocenters. The second kappa shape index (κ2) is 9.44. The highest BCUT2D eigenvalue weighted by molar-refractivity contribution is 5.83. The van der Waals surface area contributed by atoms with E-state index in [4.69, 9.17) is 9.47 Å². The van der Waals surface area contributed by atoms with Crippen molar-refractivity contribution in [1.29, 1.82) is 0 Å². The van der Waals surface area contributed by atoms with Crippen LogP contribution >= 0.6 is 0 Å². The van der Waals surface area contributed by atoms with Gasteiger partial charge in [0.05, 0.1) is 19.7 Å². The molecule has 0 saturated carbocycles. The van der Waals surface area contributed by atoms with Crippen molar-refractivity contribution >= 4 is 10.9 Å². The predicted octanol–water partition coefficient (Wildman–Crippen LogP) is 2.37. The van der Waals surface area contributed by atoms with E-state index in [1.807, 2.05) is 12.1 Å². The summed E-state index contributed by atoms with van der Waals surface area (Å²) in [5, 5.41) is 4.29. The molecule has 1 heterocycles. The van der Waals surface area contributed by atoms with Crippen LogP contribution in [0.4, 0.5) is 0 Å². The van der Waals surface area contributed by atoms with Crippen LogP contribution in [0.1, 0.15) is 25.8 Å². The molecule has 0 aliphatic heterocycles. The number of aromatic amines is 1. The molecule has 0 saturated heterocycles. The lowest BCUT2D eigenvalue weighted by atomic mass is 10.1. The Bertz CT molecular complexity index is 739. The fraction of sp³-hybridized carbons (Fsp3) is 0.526. The van der Waals surface area contributed by atoms with E-state index in [9.17, 15) is 4.79 Å². The first-order chi connectivity index (χ1) is 12.1. The third kappa shape index (κ3) is 4.96. The van der Waals surface area contributed by atoms with Crippen molar-refractivity contribution in [2.75, 3.05) is 40.4 Å². The Hall–Kier alpha value is -2.05. The van der Waals surface area contributed by atoms with Gasteiger partial charge in [-0.3, -0.25) is 4.79 Å². The monoisotopic (exact) mass is 347 g/mol. The van der Waals surface area contributed by atoms with Gasteiger partial charge in [-0.15, -0.1) is 0 Å². The van der Waals surface area contributed by atoms with Crippen LogP contribution in [-0.4, -0.2) is 50.3 Å². The van der Waals surface area contributed by atoms with Gasteiger partial charge in [0.15, 0.2) is 11.5 Å². The van der Waals surface area contributed by atoms with Crippen LogP contribution in [0.5, 0.6) is 11.5 Å². The molecule has 138 valence electrons. The molecular formula is C19H29N3O3. The van der Waals surface area contributed by atoms with E-state index in [-0.39, 0.29) is 5.56 Å². The quantitative estimate of drug-likeness (QED) is 0.646. The first-order valence-electron chi connectivity index (χ1n) is 8.83. The van der Waals surface area contributed by atoms with Gasteiger partial charge in [0.25, 0.3) is 5.56 Å². The van der Waals surface area contributed by atoms with Crippen LogP contribution in [0.25, 0.3) is 10.9 Å². The summed E-state index contributed by atoms with van der Waals surface area (Å²) in [5.74, 6) is 1.26. The lowest BCUT2D eigenvalue weighted by molar-refractivity contribution is 0.298. The summed E-state index contributed by atoms with van der Waals surface area (Å²) in [6.07, 6.45) is 1.07. The topological polar surface area (TPSA) is 66.6 Å². The lowest BCUT2D eigenvalue weighted by Crippen LogP contribution is -2.28. The van der Waals surface area contributed by atoms with Crippen LogP contribution in [0.15, 0.2) is 23.0 Å². The Labute approximate surface area is 149 Å². The van der Waals surface area contributed by atoms with Crippen molar-refractivity contribution in [2.24, 2.45) is 0 Å². The van der Waals surface area contributed by atoms with Gasteiger partial charge in [-0.1, -0.05) is 13.8 Å². The van der Waals surface area contributed by atoms with Gasteiger partial charge < -0.3 is 24.7 Å². The third-order valence-electron chi connectivity index (χ3n) is 4.46. The molecule has 0 aliphatic rings. The van der Waals surface area contributed by atoms with Crippen LogP contribution in [0, 0.1) is 0 Å². The molecule has 1 aromatic heterocycles. The zero-order valence-corrected chi connectivity index (χ0v) is 15.6. The summed E-state index contributed by atoms with van der Waals surface area (Å²) in [7, 11) is 3.19. The van der Waals surface area contributed by atoms with Crippen LogP contribution < -0.4 is 20.3 Å². The number of fused-ring (bicyclic) bond motifs is 1. The summed E-state index contributed by atoms with van der Waals surface area (Å²) in [5.41, 5.74) is 1.39. The maximum Gasteiger partial charge on any atom is 0.252 e. The summed E-state index contributed by atoms with van der Waals surface area (Å²) < 4.78 is 10.6. The number of methoxy groups -OCH3 is 2. The third-order valence-corrected chi connectivity index (χ3v) is 4.46. The van der Waals surface area contributed by atoms with Gasteiger partial charge in [-0.25, -0.2) is 0 Å². The number of nitrogens with zero attached hydrogens (tertiary/aromatic N) is 1. The Morgan fingerprint density at radius 3 is 2.40 bits per heavy atom. The molecule has 0 radical (unpaired) electrons. The molecule has 2 N–H and O–H groups in total. The summed E-state index contributed by atoms with van der Waals surface area (Å²) in [4.78, 5) is 17.6. The number of benzene rings is 1. The van der Waals surface area contributed by atoms with E-state index in [1.165, 1.54) is 0 Å². The molecule has 6 nitrogen and oxygen atoms in total. The van der Waals surface area contributed by atoms with Crippen molar-refractivity contribution < 1.29 is 9.47 Å². The number of hydrogen-bond acceptors (Lipinski definition) is 5. The van der Waals surface area contributed by atoms with Crippen molar-refractivity contribution in [3.05, 3.63) is 34.1 Å². The lowest BCUT2D eigenvalue weighted by Gasteiger charge is -2.17. The first-order valence-corrected chi connectivity index (χ1v) is 8.83. The first kappa shape index (κ1) is 19.3. The normalized spacial score (nSPS) is 11.2. The fourth-order valence-corrected chi connectivity index (χ4v) is 2.90. The van der Waals surface area contributed by atoms with Crippen LogP contribution in [0.2, 0.25) is 0 Å². The van der Waals surface area contributed by atoms with Gasteiger partial charge in [0, 0.05) is 23.6 Å². The molecular weight excluding hydrogens is 318 g/mol. The molecule has 0 aliphatic carbocycles. The van der Waals surface area contributed by atoms with E-state index in [2.05, 4.69) is 29.0 Å². The summed E-state index contributed by atoms with van der Waals surface area (Å²) in [6, 6.07) is 5.58. The predicted molar refractivity (Wildman–Crippen MR) is 102 cm³/mol. The van der Waals surface area contributed by atoms with E-state index in [0.717, 1.165) is 49.1 Å². The molecule has 0 amide bonds. The van der Waals surface area contributed by atoms with E-state index in [0.29, 0.717) is 18.0 Å². The summed E-state index contributed by atoms with van der Waals surface area (Å²) >= 11 is 0. The average Bonchev–Trinajstić information content (AvgIpc) is 2.63. The Morgan fingerprint density at radius 2 is 1.76 bits per heavy atom. The van der Waals surface area contributed by atoms with Crippen molar-refractivity contribution in [3.8, 4) is 11.5 Å². The van der Waals surface area contributed by atoms with Crippen molar-refractivity contribution in [3.63, 3.8) is 0 Å². The maximum absolute atomic E-state index is 12.3. The zero-order valence-electron chi connectivity index (χ0n) is 15.6. The highest BCUT2D eigenvalue weighted by atomic mass is 16.5. The molecule has 0 spiro atoms. The minimum Gasteiger partial charge on any atom is -0.493 e. The van der Waals surface area contributed by atoms with Gasteiger partial charge in [0.1, 0.15) is 0 Å². The number of hydrogen-bond donors (Lipinski definition) is 2. The molecule has 6 heteroatoms. The smallest absolute Gasteiger partial charge is 0.252 e. The van der Waals surface area contributed by atoms with Crippen molar-refractivity contribution in [1.82, 2.24) is 15.2 Å². The molecule has 2 rings (SSSR count). The van der Waals surface area contributed by atoms with Gasteiger partial charge in [-0.2, -0.15) is 0 Å². The number of pyridine rings is 1. The largest absolute Gasteiger partial charge is 0.493 e. The number of ether oxygens (including phenoxy) is 2. The van der Waals surface area contributed by atoms with Crippen LogP contribution in [-0.2, 0) is 6.54 Å². The fourth-order valence-electron chi connectivity index (χ4n) is 2.90. The SMILES string of the molecule is CCN(CC)CCCNCc1cc2cc(OC)c(OC)cc2[nH]c1=O. The average molecular weight is 347 g/mol. The second-order valence-corrected chi connectivity index (χ2v) is 5.98. The molecule has 25 heavy (non-hydrogen) atoms. The maximum atomic E-state index is 12.3. The van der Waals surface area contributed by atoms with E-state index < -0.39 is 0 Å². The highest BCUT2D eigenvalue weighted by Crippen LogP contribution is 2.30. The van der Waals surface area contributed by atoms with Crippen molar-refractivity contribution in [2.45, 2.75) is 26.8 Å². The van der Waals surface area contributed by atoms with Gasteiger partial charge >= 0.3 is 0 Å². The molecule has 1 aromatic carbocycles. The Balaban J connectivity index is 2.04. The van der Waals surface area contributed by atoms with Gasteiger partial charge in [-0.05, 0) is 44.7 Å². The highest BCUT2D eigenvalue weighted by Gasteiger charge is 2.09. The summed E-state index contributed by atoms with van der Waals surface area (Å²) in [6.45, 7) is 9.02.